The van der Waals surface area contributed by atoms with Gasteiger partial charge < -0.3 is 28.7 Å². The highest BCUT2D eigenvalue weighted by atomic mass is 32.2. The molecule has 0 aromatic heterocycles. The zero-order valence-electron chi connectivity index (χ0n) is 55.5. The van der Waals surface area contributed by atoms with Gasteiger partial charge in [-0.3, -0.25) is 19.4 Å². The Bertz CT molecular complexity index is 3690. The van der Waals surface area contributed by atoms with Gasteiger partial charge in [-0.1, -0.05) is 177 Å². The number of rotatable bonds is 30. The van der Waals surface area contributed by atoms with Gasteiger partial charge in [0.1, 0.15) is 28.6 Å². The molecule has 3 heterocycles. The summed E-state index contributed by atoms with van der Waals surface area (Å²) < 4.78 is 25.4. The second kappa shape index (κ2) is 31.1. The van der Waals surface area contributed by atoms with E-state index in [0.717, 1.165) is 173 Å². The smallest absolute Gasteiger partial charge is 0.266 e. The van der Waals surface area contributed by atoms with Crippen molar-refractivity contribution < 1.29 is 28.5 Å². The number of anilines is 6. The van der Waals surface area contributed by atoms with E-state index in [-0.39, 0.29) is 22.5 Å². The van der Waals surface area contributed by atoms with Crippen LogP contribution in [-0.2, 0) is 9.59 Å². The molecule has 0 saturated carbocycles. The van der Waals surface area contributed by atoms with Crippen LogP contribution in [0.3, 0.4) is 0 Å². The third-order valence-corrected chi connectivity index (χ3v) is 20.9. The fourth-order valence-corrected chi connectivity index (χ4v) is 15.8. The highest BCUT2D eigenvalue weighted by Crippen LogP contribution is 2.56. The minimum atomic E-state index is -0.381. The Kier molecular flexibility index (Phi) is 21.8. The Morgan fingerprint density at radius 3 is 0.936 bits per heavy atom. The summed E-state index contributed by atoms with van der Waals surface area (Å²) in [6, 6.07) is 56.2. The number of carbonyl (C=O) groups is 2. The molecule has 3 aliphatic heterocycles. The van der Waals surface area contributed by atoms with E-state index in [2.05, 4.69) is 195 Å². The second-order valence-corrected chi connectivity index (χ2v) is 27.3. The molecule has 0 bridgehead atoms. The summed E-state index contributed by atoms with van der Waals surface area (Å²) in [6.07, 6.45) is 18.4. The lowest BCUT2D eigenvalue weighted by Gasteiger charge is -2.36. The monoisotopic (exact) mass is 1310 g/mol. The first-order valence-corrected chi connectivity index (χ1v) is 36.6. The highest BCUT2D eigenvalue weighted by Gasteiger charge is 2.43. The van der Waals surface area contributed by atoms with Crippen molar-refractivity contribution in [3.8, 4) is 56.4 Å². The lowest BCUT2D eigenvalue weighted by molar-refractivity contribution is -0.133. The predicted octanol–water partition coefficient (Wildman–Crippen LogP) is 22.5. The Hall–Kier alpha value is -7.97. The Morgan fingerprint density at radius 2 is 0.638 bits per heavy atom. The molecule has 486 valence electrons. The molecule has 0 N–H and O–H groups in total. The van der Waals surface area contributed by atoms with Gasteiger partial charge in [0.15, 0.2) is 5.11 Å². The van der Waals surface area contributed by atoms with E-state index in [0.29, 0.717) is 45.1 Å². The van der Waals surface area contributed by atoms with Crippen LogP contribution < -0.4 is 28.7 Å². The van der Waals surface area contributed by atoms with Gasteiger partial charge in [-0.25, -0.2) is 0 Å². The van der Waals surface area contributed by atoms with Crippen molar-refractivity contribution in [2.45, 2.75) is 164 Å². The van der Waals surface area contributed by atoms with Crippen LogP contribution in [-0.4, -0.2) is 66.2 Å². The molecule has 1 aliphatic carbocycles. The van der Waals surface area contributed by atoms with Gasteiger partial charge in [-0.15, -0.1) is 0 Å². The molecule has 0 atom stereocenters. The first-order valence-electron chi connectivity index (χ1n) is 34.6. The number of fused-ring (bicyclic) bond motifs is 7. The summed E-state index contributed by atoms with van der Waals surface area (Å²) >= 11 is 9.36. The topological polar surface area (TPSA) is 84.0 Å². The van der Waals surface area contributed by atoms with Gasteiger partial charge in [0.25, 0.3) is 11.8 Å². The number of amides is 2. The van der Waals surface area contributed by atoms with Crippen LogP contribution in [0.15, 0.2) is 183 Å². The summed E-state index contributed by atoms with van der Waals surface area (Å²) in [5.74, 6) is 2.74. The molecule has 13 heteroatoms. The van der Waals surface area contributed by atoms with Crippen molar-refractivity contribution >= 4 is 92.4 Å². The Morgan fingerprint density at radius 1 is 0.330 bits per heavy atom. The van der Waals surface area contributed by atoms with Crippen LogP contribution in [0, 0.1) is 0 Å². The van der Waals surface area contributed by atoms with Gasteiger partial charge in [0.2, 0.25) is 0 Å². The van der Waals surface area contributed by atoms with Crippen LogP contribution in [0.2, 0.25) is 0 Å². The lowest BCUT2D eigenvalue weighted by atomic mass is 9.91. The SMILES string of the molecule is CCCCCCOc1ccc2c(c1)Sc1cc(OCCCCCC)ccc1N2c1ccc(-c2ccc3c(c2)C(=C2C(=O)N(CC)C(=S)N(CC)C2=O)c2cc(-c4ccc(N5c6ccc(OCCCCCC)cc6Sc6cc(OCCCCCC)ccc65)cc4)ccc2-3)cc1. The number of hydrogen-bond donors (Lipinski definition) is 0. The molecule has 12 rings (SSSR count). The van der Waals surface area contributed by atoms with Gasteiger partial charge >= 0.3 is 0 Å². The number of ether oxygens (including phenoxy) is 4. The summed E-state index contributed by atoms with van der Waals surface area (Å²) in [4.78, 5) is 42.2. The van der Waals surface area contributed by atoms with E-state index in [1.807, 2.05) is 13.8 Å². The number of carbonyl (C=O) groups excluding carboxylic acids is 2. The Labute approximate surface area is 571 Å². The minimum absolute atomic E-state index is 0.128. The third kappa shape index (κ3) is 14.2. The van der Waals surface area contributed by atoms with E-state index in [1.54, 1.807) is 33.3 Å². The van der Waals surface area contributed by atoms with Crippen molar-refractivity contribution in [1.82, 2.24) is 9.80 Å². The highest BCUT2D eigenvalue weighted by molar-refractivity contribution is 8.00. The number of hydrogen-bond acceptors (Lipinski definition) is 11. The average Bonchev–Trinajstić information content (AvgIpc) is 1.46. The first kappa shape index (κ1) is 66.1. The first-order chi connectivity index (χ1) is 46.1. The molecular weight excluding hydrogens is 1220 g/mol. The molecule has 10 nitrogen and oxygen atoms in total. The average molecular weight is 1310 g/mol. The van der Waals surface area contributed by atoms with Crippen LogP contribution in [0.5, 0.6) is 23.0 Å². The minimum Gasteiger partial charge on any atom is -0.494 e. The molecule has 8 aromatic carbocycles. The molecule has 1 fully saturated rings. The fourth-order valence-electron chi connectivity index (χ4n) is 13.1. The lowest BCUT2D eigenvalue weighted by Crippen LogP contribution is -2.56. The molecule has 0 unspecified atom stereocenters. The number of likely N-dealkylation sites (N-methyl/N-ethyl adjacent to an activating group) is 2. The van der Waals surface area contributed by atoms with Gasteiger partial charge in [-0.05, 0) is 205 Å². The third-order valence-electron chi connectivity index (χ3n) is 18.2. The van der Waals surface area contributed by atoms with Crippen LogP contribution in [0.25, 0.3) is 39.0 Å². The molecule has 0 radical (unpaired) electrons. The maximum atomic E-state index is 15.0. The summed E-state index contributed by atoms with van der Waals surface area (Å²) in [6.45, 7) is 16.2. The van der Waals surface area contributed by atoms with Gasteiger partial charge in [0.05, 0.1) is 49.2 Å². The summed E-state index contributed by atoms with van der Waals surface area (Å²) in [5.41, 5.74) is 14.6. The molecule has 0 spiro atoms. The number of benzene rings is 8. The largest absolute Gasteiger partial charge is 0.494 e. The summed E-state index contributed by atoms with van der Waals surface area (Å²) in [7, 11) is 0. The second-order valence-electron chi connectivity index (χ2n) is 24.8. The zero-order chi connectivity index (χ0) is 65.1. The maximum Gasteiger partial charge on any atom is 0.266 e. The van der Waals surface area contributed by atoms with Crippen molar-refractivity contribution in [2.24, 2.45) is 0 Å². The molecule has 2 amide bonds. The number of unbranched alkanes of at least 4 members (excludes halogenated alkanes) is 12. The van der Waals surface area contributed by atoms with Gasteiger partial charge in [0, 0.05) is 49.6 Å². The van der Waals surface area contributed by atoms with Crippen LogP contribution >= 0.6 is 35.7 Å². The number of nitrogens with zero attached hydrogens (tertiary/aromatic N) is 4. The van der Waals surface area contributed by atoms with E-state index in [1.165, 1.54) is 51.4 Å². The molecule has 4 aliphatic rings. The molecule has 8 aromatic rings. The zero-order valence-corrected chi connectivity index (χ0v) is 58.0. The molecular formula is C81H88N4O6S3. The van der Waals surface area contributed by atoms with E-state index in [9.17, 15) is 9.59 Å². The van der Waals surface area contributed by atoms with Crippen molar-refractivity contribution in [2.75, 3.05) is 49.3 Å². The molecule has 1 saturated heterocycles. The molecule has 94 heavy (non-hydrogen) atoms. The fraction of sp³-hybridized carbons (Fsp3) is 0.346. The predicted molar refractivity (Wildman–Crippen MR) is 392 cm³/mol. The van der Waals surface area contributed by atoms with Gasteiger partial charge in [-0.2, -0.15) is 0 Å². The summed E-state index contributed by atoms with van der Waals surface area (Å²) in [5, 5.41) is 0.233. The van der Waals surface area contributed by atoms with E-state index < -0.39 is 0 Å². The van der Waals surface area contributed by atoms with Crippen molar-refractivity contribution in [3.05, 3.63) is 174 Å². The van der Waals surface area contributed by atoms with Crippen LogP contribution in [0.4, 0.5) is 34.1 Å². The van der Waals surface area contributed by atoms with Crippen molar-refractivity contribution in [1.29, 1.82) is 0 Å². The quantitative estimate of drug-likeness (QED) is 0.0187. The number of thiocarbonyl (C=S) groups is 1. The van der Waals surface area contributed by atoms with E-state index in [4.69, 9.17) is 31.2 Å². The maximum absolute atomic E-state index is 15.0. The standard InChI is InChI=1S/C81H88N4O6S3/c1-7-13-17-21-45-88-61-35-41-69-73(51-61)93-74-52-62(89-46-22-18-14-8-2)36-42-70(74)84(69)59-31-25-55(26-32-59)57-29-39-65-66-40-30-58(50-68(66)77(67(65)49-57)78-79(86)82(11-5)81(92)83(12-6)80(78)87)56-27-33-60(34-28-56)85-71-43-37-63(90-47-23-19-15-9-3)53-75(71)94-76-54-64(38-44-72(76)85)91-48-24-20-16-10-4/h25-44,49-54H,7-24,45-48H2,1-6H3. The van der Waals surface area contributed by atoms with E-state index >= 15 is 0 Å². The van der Waals surface area contributed by atoms with Crippen LogP contribution in [0.1, 0.15) is 155 Å². The van der Waals surface area contributed by atoms with Crippen molar-refractivity contribution in [3.63, 3.8) is 0 Å². The normalized spacial score (nSPS) is 13.8. The Balaban J connectivity index is 0.874.